The molecule has 24 nitrogen and oxygen atoms in total. The predicted molar refractivity (Wildman–Crippen MR) is 330 cm³/mol. The number of hydrogen-bond donors (Lipinski definition) is 15. The molecule has 0 bridgehead atoms. The Balaban J connectivity index is 1.61. The fraction of sp³-hybridized carbons (Fsp3) is 0.484. The standard InChI is InChI=1S/C62H90N14O10/c1-6-53(78)72-51(34-41-17-8-7-9-18-41)60(85)76-52(35-42-25-28-46(77)29-26-42)61(86)74-48(22-13-15-31-67-40(4)5)58(83)73-49(23-16-32-68-62(64)65)59(84)75-50(36-43-24-27-44-19-10-11-20-45(44)33-43)57(82)70-37-54(79)69-38-55(80)71-47(56(63)81)21-12-14-30-66-39(2)3/h7-11,17-20,24-29,33,39-40,47-52,66-67,77H,6,12-16,21-23,30-32,34-38H2,1-5H3,(H2,63,81)(H,69,79)(H,70,82)(H,71,80)(H,72,78)(H,73,83)(H,74,86)(H,75,84)(H,76,85)(H4,64,65,68)/t47-,48-,49+,50-,51-,52-/m0/s1. The number of phenols is 1. The number of guanidine groups is 1. The molecule has 6 atom stereocenters. The molecule has 24 heteroatoms. The Hall–Kier alpha value is -8.64. The van der Waals surface area contributed by atoms with Gasteiger partial charge in [-0.2, -0.15) is 0 Å². The van der Waals surface area contributed by atoms with Gasteiger partial charge in [-0.15, -0.1) is 0 Å². The van der Waals surface area contributed by atoms with Crippen LogP contribution in [0.1, 0.15) is 109 Å². The number of carbonyl (C=O) groups is 9. The first-order valence-corrected chi connectivity index (χ1v) is 29.6. The topological polar surface area (TPSA) is 382 Å². The van der Waals surface area contributed by atoms with Gasteiger partial charge < -0.3 is 75.1 Å². The van der Waals surface area contributed by atoms with E-state index in [4.69, 9.17) is 16.9 Å². The molecule has 86 heavy (non-hydrogen) atoms. The molecule has 0 fully saturated rings. The minimum Gasteiger partial charge on any atom is -0.508 e. The summed E-state index contributed by atoms with van der Waals surface area (Å²) in [5, 5.41) is 50.4. The molecular formula is C62H90N14O10. The summed E-state index contributed by atoms with van der Waals surface area (Å²) in [6.45, 7) is 9.95. The number of phenolic OH excluding ortho intramolecular Hbond substituents is 1. The highest BCUT2D eigenvalue weighted by Crippen LogP contribution is 2.18. The third kappa shape index (κ3) is 26.9. The molecule has 0 aliphatic rings. The summed E-state index contributed by atoms with van der Waals surface area (Å²) >= 11 is 0. The number of hydrogen-bond acceptors (Lipinski definition) is 13. The van der Waals surface area contributed by atoms with Crippen molar-refractivity contribution in [2.45, 2.75) is 160 Å². The molecule has 4 aromatic carbocycles. The Bertz CT molecular complexity index is 2860. The first kappa shape index (κ1) is 69.9. The van der Waals surface area contributed by atoms with E-state index in [0.29, 0.717) is 49.4 Å². The van der Waals surface area contributed by atoms with E-state index in [1.807, 2.05) is 70.2 Å². The number of fused-ring (bicyclic) bond motifs is 1. The first-order valence-electron chi connectivity index (χ1n) is 29.6. The lowest BCUT2D eigenvalue weighted by atomic mass is 10.00. The van der Waals surface area contributed by atoms with Crippen molar-refractivity contribution in [3.63, 3.8) is 0 Å². The molecule has 0 saturated carbocycles. The number of nitrogens with two attached hydrogens (primary N) is 2. The number of primary amides is 1. The fourth-order valence-electron chi connectivity index (χ4n) is 9.19. The highest BCUT2D eigenvalue weighted by molar-refractivity contribution is 5.97. The number of unbranched alkanes of at least 4 members (excludes halogenated alkanes) is 2. The summed E-state index contributed by atoms with van der Waals surface area (Å²) in [7, 11) is 0. The summed E-state index contributed by atoms with van der Waals surface area (Å²) in [5.74, 6) is -6.67. The van der Waals surface area contributed by atoms with E-state index in [0.717, 1.165) is 29.3 Å². The van der Waals surface area contributed by atoms with Crippen LogP contribution in [0.4, 0.5) is 0 Å². The molecule has 4 aromatic rings. The van der Waals surface area contributed by atoms with Gasteiger partial charge in [-0.05, 0) is 104 Å². The lowest BCUT2D eigenvalue weighted by Gasteiger charge is -2.27. The van der Waals surface area contributed by atoms with Crippen LogP contribution in [0, 0.1) is 5.41 Å². The molecule has 468 valence electrons. The molecule has 17 N–H and O–H groups in total. The molecule has 4 rings (SSSR count). The van der Waals surface area contributed by atoms with Crippen LogP contribution in [0.15, 0.2) is 97.1 Å². The van der Waals surface area contributed by atoms with Gasteiger partial charge >= 0.3 is 0 Å². The van der Waals surface area contributed by atoms with Crippen LogP contribution in [-0.2, 0) is 62.4 Å². The Kier molecular flexibility index (Phi) is 30.6. The Morgan fingerprint density at radius 3 is 1.45 bits per heavy atom. The van der Waals surface area contributed by atoms with Crippen molar-refractivity contribution in [3.8, 4) is 5.75 Å². The minimum atomic E-state index is -1.36. The summed E-state index contributed by atoms with van der Waals surface area (Å²) in [5.41, 5.74) is 13.1. The number of rotatable bonds is 39. The lowest BCUT2D eigenvalue weighted by molar-refractivity contribution is -0.135. The second kappa shape index (κ2) is 37.6. The largest absolute Gasteiger partial charge is 0.508 e. The second-order valence-electron chi connectivity index (χ2n) is 21.9. The molecule has 0 unspecified atom stereocenters. The first-order chi connectivity index (χ1) is 41.1. The van der Waals surface area contributed by atoms with E-state index < -0.39 is 103 Å². The Labute approximate surface area is 503 Å². The number of carbonyl (C=O) groups excluding carboxylic acids is 9. The van der Waals surface area contributed by atoms with E-state index in [-0.39, 0.29) is 69.2 Å². The molecule has 0 aromatic heterocycles. The van der Waals surface area contributed by atoms with Gasteiger partial charge in [0.2, 0.25) is 53.2 Å². The van der Waals surface area contributed by atoms with Gasteiger partial charge in [0.25, 0.3) is 0 Å². The number of benzene rings is 4. The summed E-state index contributed by atoms with van der Waals surface area (Å²) < 4.78 is 0. The number of nitrogens with one attached hydrogen (secondary N) is 12. The van der Waals surface area contributed by atoms with Crippen LogP contribution in [0.25, 0.3) is 10.8 Å². The van der Waals surface area contributed by atoms with E-state index in [1.165, 1.54) is 12.1 Å². The number of amides is 9. The van der Waals surface area contributed by atoms with Crippen molar-refractivity contribution in [1.82, 2.24) is 58.5 Å². The molecule has 9 amide bonds. The second-order valence-corrected chi connectivity index (χ2v) is 21.9. The van der Waals surface area contributed by atoms with Crippen molar-refractivity contribution in [2.24, 2.45) is 11.5 Å². The maximum atomic E-state index is 14.8. The van der Waals surface area contributed by atoms with Crippen LogP contribution in [0.5, 0.6) is 5.75 Å². The van der Waals surface area contributed by atoms with Gasteiger partial charge in [-0.1, -0.05) is 120 Å². The zero-order valence-electron chi connectivity index (χ0n) is 50.2. The summed E-state index contributed by atoms with van der Waals surface area (Å²) in [6, 6.07) is 21.2. The summed E-state index contributed by atoms with van der Waals surface area (Å²) in [4.78, 5) is 124. The molecule has 0 aliphatic carbocycles. The van der Waals surface area contributed by atoms with Crippen molar-refractivity contribution in [2.75, 3.05) is 32.7 Å². The smallest absolute Gasteiger partial charge is 0.243 e. The molecule has 0 saturated heterocycles. The van der Waals surface area contributed by atoms with E-state index >= 15 is 0 Å². The van der Waals surface area contributed by atoms with Gasteiger partial charge in [0, 0.05) is 44.3 Å². The fourth-order valence-corrected chi connectivity index (χ4v) is 9.19. The van der Waals surface area contributed by atoms with Gasteiger partial charge in [0.05, 0.1) is 13.1 Å². The number of aromatic hydroxyl groups is 1. The molecule has 0 radical (unpaired) electrons. The molecule has 0 aliphatic heterocycles. The van der Waals surface area contributed by atoms with Crippen LogP contribution in [0.2, 0.25) is 0 Å². The van der Waals surface area contributed by atoms with E-state index in [2.05, 4.69) is 58.5 Å². The third-order valence-electron chi connectivity index (χ3n) is 13.9. The van der Waals surface area contributed by atoms with Gasteiger partial charge in [0.1, 0.15) is 42.0 Å². The maximum absolute atomic E-state index is 14.8. The van der Waals surface area contributed by atoms with Crippen molar-refractivity contribution in [3.05, 3.63) is 114 Å². The van der Waals surface area contributed by atoms with Crippen LogP contribution in [0.3, 0.4) is 0 Å². The molecule has 0 spiro atoms. The molecule has 0 heterocycles. The lowest BCUT2D eigenvalue weighted by Crippen LogP contribution is -2.60. The van der Waals surface area contributed by atoms with Crippen molar-refractivity contribution >= 4 is 69.9 Å². The Morgan fingerprint density at radius 2 is 0.895 bits per heavy atom. The van der Waals surface area contributed by atoms with Gasteiger partial charge in [0.15, 0.2) is 5.96 Å². The highest BCUT2D eigenvalue weighted by atomic mass is 16.3. The van der Waals surface area contributed by atoms with Crippen LogP contribution >= 0.6 is 0 Å². The zero-order chi connectivity index (χ0) is 63.0. The normalized spacial score (nSPS) is 13.2. The van der Waals surface area contributed by atoms with Crippen molar-refractivity contribution in [1.29, 1.82) is 5.41 Å². The molecular weight excluding hydrogens is 1100 g/mol. The van der Waals surface area contributed by atoms with E-state index in [1.54, 1.807) is 49.4 Å². The van der Waals surface area contributed by atoms with Crippen LogP contribution < -0.4 is 70.0 Å². The minimum absolute atomic E-state index is 0.0282. The predicted octanol–water partition coefficient (Wildman–Crippen LogP) is 1.21. The monoisotopic (exact) mass is 1190 g/mol. The SMILES string of the molecule is CCC(=O)N[C@@H](Cc1ccccc1)C(=O)N[C@@H](Cc1ccc(O)cc1)C(=O)N[C@@H](CCCCNC(C)C)C(=O)N[C@H](CCCNC(=N)N)C(=O)N[C@@H](Cc1ccc2ccccc2c1)C(=O)NCC(=O)NCC(=O)N[C@@H](CCCCNC(C)C)C(N)=O. The average Bonchev–Trinajstić information content (AvgIpc) is 2.59. The van der Waals surface area contributed by atoms with Gasteiger partial charge in [-0.25, -0.2) is 0 Å². The van der Waals surface area contributed by atoms with Crippen molar-refractivity contribution < 1.29 is 48.3 Å². The highest BCUT2D eigenvalue weighted by Gasteiger charge is 2.33. The van der Waals surface area contributed by atoms with Crippen LogP contribution in [-0.4, -0.2) is 145 Å². The Morgan fingerprint density at radius 1 is 0.442 bits per heavy atom. The van der Waals surface area contributed by atoms with E-state index in [9.17, 15) is 48.3 Å². The maximum Gasteiger partial charge on any atom is 0.243 e. The quantitative estimate of drug-likeness (QED) is 0.0170. The zero-order valence-corrected chi connectivity index (χ0v) is 50.2. The average molecular weight is 1190 g/mol. The van der Waals surface area contributed by atoms with Gasteiger partial charge in [-0.3, -0.25) is 48.6 Å². The third-order valence-corrected chi connectivity index (χ3v) is 13.9. The summed E-state index contributed by atoms with van der Waals surface area (Å²) in [6.07, 6.45) is 2.90.